The van der Waals surface area contributed by atoms with Crippen LogP contribution in [0, 0.1) is 5.92 Å². The van der Waals surface area contributed by atoms with Crippen LogP contribution in [0.3, 0.4) is 0 Å². The van der Waals surface area contributed by atoms with Gasteiger partial charge in [-0.3, -0.25) is 9.59 Å². The quantitative estimate of drug-likeness (QED) is 0.778. The fourth-order valence-corrected chi connectivity index (χ4v) is 2.01. The average Bonchev–Trinajstić information content (AvgIpc) is 2.37. The molecular formula is C12H21N3O4. The van der Waals surface area contributed by atoms with Crippen molar-refractivity contribution in [3.63, 3.8) is 0 Å². The average molecular weight is 271 g/mol. The van der Waals surface area contributed by atoms with Crippen molar-refractivity contribution in [3.8, 4) is 0 Å². The number of amides is 3. The lowest BCUT2D eigenvalue weighted by atomic mass is 9.99. The number of carbonyl (C=O) groups is 3. The molecule has 0 aromatic rings. The fraction of sp³-hybridized carbons (Fsp3) is 0.750. The minimum Gasteiger partial charge on any atom is -0.481 e. The van der Waals surface area contributed by atoms with Gasteiger partial charge in [-0.25, -0.2) is 4.79 Å². The van der Waals surface area contributed by atoms with Gasteiger partial charge in [0.15, 0.2) is 0 Å². The van der Waals surface area contributed by atoms with Crippen LogP contribution in [-0.2, 0) is 9.59 Å². The standard InChI is InChI=1S/C12H21N3O4/c1-13(2)10(16)8-14(3)12(19)15-6-4-5-9(7-15)11(17)18/h9H,4-8H2,1-3H3,(H,17,18)/t9-/m1/s1. The van der Waals surface area contributed by atoms with E-state index in [1.54, 1.807) is 21.1 Å². The first kappa shape index (κ1) is 15.3. The number of nitrogens with zero attached hydrogens (tertiary/aromatic N) is 3. The van der Waals surface area contributed by atoms with Gasteiger partial charge in [0.25, 0.3) is 0 Å². The van der Waals surface area contributed by atoms with Crippen molar-refractivity contribution in [2.24, 2.45) is 5.92 Å². The van der Waals surface area contributed by atoms with E-state index >= 15 is 0 Å². The molecule has 1 N–H and O–H groups in total. The number of aliphatic carboxylic acids is 1. The minimum absolute atomic E-state index is 0.0000709. The van der Waals surface area contributed by atoms with E-state index in [4.69, 9.17) is 5.11 Å². The van der Waals surface area contributed by atoms with Crippen molar-refractivity contribution in [1.29, 1.82) is 0 Å². The second kappa shape index (κ2) is 6.40. The Labute approximate surface area is 112 Å². The van der Waals surface area contributed by atoms with Gasteiger partial charge in [0.05, 0.1) is 5.92 Å². The highest BCUT2D eigenvalue weighted by Gasteiger charge is 2.30. The van der Waals surface area contributed by atoms with Crippen LogP contribution in [0.5, 0.6) is 0 Å². The molecule has 0 unspecified atom stereocenters. The zero-order chi connectivity index (χ0) is 14.6. The van der Waals surface area contributed by atoms with Crippen LogP contribution in [-0.4, -0.2) is 78.5 Å². The number of carboxylic acid groups (broad SMARTS) is 1. The van der Waals surface area contributed by atoms with E-state index in [0.717, 1.165) is 0 Å². The van der Waals surface area contributed by atoms with Crippen molar-refractivity contribution in [2.45, 2.75) is 12.8 Å². The summed E-state index contributed by atoms with van der Waals surface area (Å²) in [5.41, 5.74) is 0. The van der Waals surface area contributed by atoms with Gasteiger partial charge in [-0.15, -0.1) is 0 Å². The van der Waals surface area contributed by atoms with E-state index in [-0.39, 0.29) is 25.0 Å². The third-order valence-corrected chi connectivity index (χ3v) is 3.24. The van der Waals surface area contributed by atoms with Gasteiger partial charge in [-0.1, -0.05) is 0 Å². The maximum atomic E-state index is 12.1. The molecule has 7 heteroatoms. The molecule has 0 radical (unpaired) electrons. The normalized spacial score (nSPS) is 18.9. The van der Waals surface area contributed by atoms with Crippen molar-refractivity contribution in [3.05, 3.63) is 0 Å². The van der Waals surface area contributed by atoms with Crippen molar-refractivity contribution >= 4 is 17.9 Å². The van der Waals surface area contributed by atoms with E-state index in [1.807, 2.05) is 0 Å². The number of likely N-dealkylation sites (tertiary alicyclic amines) is 1. The van der Waals surface area contributed by atoms with E-state index in [0.29, 0.717) is 19.4 Å². The number of urea groups is 1. The molecule has 0 spiro atoms. The van der Waals surface area contributed by atoms with Gasteiger partial charge in [0.1, 0.15) is 6.54 Å². The highest BCUT2D eigenvalue weighted by atomic mass is 16.4. The maximum absolute atomic E-state index is 12.1. The second-order valence-electron chi connectivity index (χ2n) is 5.05. The molecule has 1 heterocycles. The molecule has 108 valence electrons. The van der Waals surface area contributed by atoms with E-state index in [2.05, 4.69) is 0 Å². The third kappa shape index (κ3) is 4.11. The van der Waals surface area contributed by atoms with Crippen molar-refractivity contribution < 1.29 is 19.5 Å². The molecule has 19 heavy (non-hydrogen) atoms. The van der Waals surface area contributed by atoms with Gasteiger partial charge in [0, 0.05) is 34.2 Å². The third-order valence-electron chi connectivity index (χ3n) is 3.24. The summed E-state index contributed by atoms with van der Waals surface area (Å²) < 4.78 is 0. The summed E-state index contributed by atoms with van der Waals surface area (Å²) in [6.07, 6.45) is 1.28. The Morgan fingerprint density at radius 1 is 1.26 bits per heavy atom. The Morgan fingerprint density at radius 3 is 2.42 bits per heavy atom. The van der Waals surface area contributed by atoms with Crippen LogP contribution < -0.4 is 0 Å². The molecule has 1 atom stereocenters. The number of hydrogen-bond acceptors (Lipinski definition) is 3. The Hall–Kier alpha value is -1.79. The summed E-state index contributed by atoms with van der Waals surface area (Å²) in [6.45, 7) is 0.762. The predicted molar refractivity (Wildman–Crippen MR) is 68.7 cm³/mol. The Balaban J connectivity index is 2.56. The van der Waals surface area contributed by atoms with Crippen LogP contribution in [0.1, 0.15) is 12.8 Å². The SMILES string of the molecule is CN(C)C(=O)CN(C)C(=O)N1CCC[C@@H](C(=O)O)C1. The number of hydrogen-bond donors (Lipinski definition) is 1. The Morgan fingerprint density at radius 2 is 1.89 bits per heavy atom. The van der Waals surface area contributed by atoms with Crippen LogP contribution in [0.2, 0.25) is 0 Å². The minimum atomic E-state index is -0.871. The first-order valence-corrected chi connectivity index (χ1v) is 6.26. The summed E-state index contributed by atoms with van der Waals surface area (Å²) in [4.78, 5) is 38.8. The zero-order valence-corrected chi connectivity index (χ0v) is 11.6. The molecule has 0 saturated carbocycles. The number of likely N-dealkylation sites (N-methyl/N-ethyl adjacent to an activating group) is 2. The maximum Gasteiger partial charge on any atom is 0.320 e. The highest BCUT2D eigenvalue weighted by molar-refractivity contribution is 5.84. The van der Waals surface area contributed by atoms with Gasteiger partial charge in [0.2, 0.25) is 5.91 Å². The smallest absolute Gasteiger partial charge is 0.320 e. The monoisotopic (exact) mass is 271 g/mol. The highest BCUT2D eigenvalue weighted by Crippen LogP contribution is 2.17. The van der Waals surface area contributed by atoms with Crippen molar-refractivity contribution in [2.75, 3.05) is 40.8 Å². The van der Waals surface area contributed by atoms with Gasteiger partial charge < -0.3 is 19.8 Å². The molecule has 1 fully saturated rings. The first-order chi connectivity index (χ1) is 8.82. The van der Waals surface area contributed by atoms with Crippen LogP contribution in [0.4, 0.5) is 4.79 Å². The molecule has 0 aromatic carbocycles. The van der Waals surface area contributed by atoms with Crippen LogP contribution >= 0.6 is 0 Å². The molecule has 1 aliphatic rings. The summed E-state index contributed by atoms with van der Waals surface area (Å²) in [5.74, 6) is -1.54. The molecular weight excluding hydrogens is 250 g/mol. The lowest BCUT2D eigenvalue weighted by Gasteiger charge is -2.33. The number of piperidine rings is 1. The van der Waals surface area contributed by atoms with Crippen molar-refractivity contribution in [1.82, 2.24) is 14.7 Å². The number of carbonyl (C=O) groups excluding carboxylic acids is 2. The van der Waals surface area contributed by atoms with Crippen LogP contribution in [0.15, 0.2) is 0 Å². The van der Waals surface area contributed by atoms with Crippen LogP contribution in [0.25, 0.3) is 0 Å². The second-order valence-corrected chi connectivity index (χ2v) is 5.05. The largest absolute Gasteiger partial charge is 0.481 e. The molecule has 1 rings (SSSR count). The Kier molecular flexibility index (Phi) is 5.14. The molecule has 0 bridgehead atoms. The molecule has 1 aliphatic heterocycles. The predicted octanol–water partition coefficient (Wildman–Crippen LogP) is -0.0770. The van der Waals surface area contributed by atoms with Gasteiger partial charge in [-0.2, -0.15) is 0 Å². The number of carboxylic acids is 1. The summed E-state index contributed by atoms with van der Waals surface area (Å²) >= 11 is 0. The van der Waals surface area contributed by atoms with E-state index in [9.17, 15) is 14.4 Å². The fourth-order valence-electron chi connectivity index (χ4n) is 2.01. The zero-order valence-electron chi connectivity index (χ0n) is 11.6. The van der Waals surface area contributed by atoms with Gasteiger partial charge >= 0.3 is 12.0 Å². The van der Waals surface area contributed by atoms with E-state index < -0.39 is 11.9 Å². The number of rotatable bonds is 3. The van der Waals surface area contributed by atoms with E-state index in [1.165, 1.54) is 14.7 Å². The first-order valence-electron chi connectivity index (χ1n) is 6.26. The molecule has 0 aliphatic carbocycles. The molecule has 3 amide bonds. The topological polar surface area (TPSA) is 81.2 Å². The molecule has 0 aromatic heterocycles. The molecule has 1 saturated heterocycles. The Bertz CT molecular complexity index is 370. The summed E-state index contributed by atoms with van der Waals surface area (Å²) in [7, 11) is 4.80. The lowest BCUT2D eigenvalue weighted by Crippen LogP contribution is -2.49. The summed E-state index contributed by atoms with van der Waals surface area (Å²) in [6, 6.07) is -0.291. The van der Waals surface area contributed by atoms with Gasteiger partial charge in [-0.05, 0) is 12.8 Å². The lowest BCUT2D eigenvalue weighted by molar-refractivity contribution is -0.143. The molecule has 7 nitrogen and oxygen atoms in total. The summed E-state index contributed by atoms with van der Waals surface area (Å²) in [5, 5.41) is 8.98.